The van der Waals surface area contributed by atoms with Crippen molar-refractivity contribution in [3.05, 3.63) is 24.3 Å². The van der Waals surface area contributed by atoms with Crippen LogP contribution in [0, 0.1) is 0 Å². The molecular formula is C11H15N5. The van der Waals surface area contributed by atoms with Gasteiger partial charge in [0.15, 0.2) is 0 Å². The molecular weight excluding hydrogens is 202 g/mol. The molecule has 1 aromatic heterocycles. The zero-order valence-electron chi connectivity index (χ0n) is 9.36. The van der Waals surface area contributed by atoms with E-state index in [1.54, 1.807) is 0 Å². The fraction of sp³-hybridized carbons (Fsp3) is 0.273. The number of nitrogen functional groups attached to an aromatic ring is 1. The molecule has 84 valence electrons. The van der Waals surface area contributed by atoms with Crippen LogP contribution in [0.25, 0.3) is 10.9 Å². The van der Waals surface area contributed by atoms with Crippen molar-refractivity contribution in [2.45, 2.75) is 19.9 Å². The molecule has 4 N–H and O–H groups in total. The number of nitrogens with one attached hydrogen (secondary N) is 2. The number of nitrogens with two attached hydrogens (primary N) is 1. The van der Waals surface area contributed by atoms with Crippen LogP contribution >= 0.6 is 0 Å². The van der Waals surface area contributed by atoms with Gasteiger partial charge in [-0.2, -0.15) is 4.98 Å². The lowest BCUT2D eigenvalue weighted by Gasteiger charge is -2.12. The molecule has 0 saturated heterocycles. The maximum Gasteiger partial charge on any atom is 0.239 e. The van der Waals surface area contributed by atoms with Crippen LogP contribution in [0.2, 0.25) is 0 Å². The second-order valence-electron chi connectivity index (χ2n) is 3.86. The van der Waals surface area contributed by atoms with Crippen LogP contribution < -0.4 is 16.6 Å². The Hall–Kier alpha value is -1.88. The lowest BCUT2D eigenvalue weighted by atomic mass is 10.2. The third kappa shape index (κ3) is 2.04. The first-order chi connectivity index (χ1) is 7.70. The van der Waals surface area contributed by atoms with E-state index in [-0.39, 0.29) is 0 Å². The minimum atomic E-state index is 0.309. The normalized spacial score (nSPS) is 10.8. The summed E-state index contributed by atoms with van der Waals surface area (Å²) >= 11 is 0. The molecule has 0 unspecified atom stereocenters. The Kier molecular flexibility index (Phi) is 2.87. The summed E-state index contributed by atoms with van der Waals surface area (Å²) in [5.41, 5.74) is 3.34. The number of nitrogens with zero attached hydrogens (tertiary/aromatic N) is 2. The molecule has 2 rings (SSSR count). The molecule has 0 fully saturated rings. The number of aromatic nitrogens is 2. The Morgan fingerprint density at radius 3 is 2.62 bits per heavy atom. The highest BCUT2D eigenvalue weighted by Crippen LogP contribution is 2.21. The number of fused-ring (bicyclic) bond motifs is 1. The van der Waals surface area contributed by atoms with Gasteiger partial charge in [0.05, 0.1) is 5.52 Å². The van der Waals surface area contributed by atoms with E-state index in [0.29, 0.717) is 12.0 Å². The molecule has 2 aromatic rings. The van der Waals surface area contributed by atoms with Crippen LogP contribution in [-0.2, 0) is 0 Å². The van der Waals surface area contributed by atoms with E-state index in [1.807, 2.05) is 24.3 Å². The largest absolute Gasteiger partial charge is 0.367 e. The van der Waals surface area contributed by atoms with Crippen LogP contribution in [0.4, 0.5) is 11.8 Å². The molecule has 0 aliphatic heterocycles. The second kappa shape index (κ2) is 4.32. The maximum absolute atomic E-state index is 5.34. The Balaban J connectivity index is 2.59. The lowest BCUT2D eigenvalue weighted by Crippen LogP contribution is -2.15. The molecule has 5 nitrogen and oxygen atoms in total. The summed E-state index contributed by atoms with van der Waals surface area (Å²) in [6.45, 7) is 4.12. The van der Waals surface area contributed by atoms with E-state index < -0.39 is 0 Å². The van der Waals surface area contributed by atoms with Gasteiger partial charge in [0.2, 0.25) is 5.95 Å². The van der Waals surface area contributed by atoms with Gasteiger partial charge >= 0.3 is 0 Å². The van der Waals surface area contributed by atoms with E-state index >= 15 is 0 Å². The molecule has 5 heteroatoms. The number of hydrogen-bond acceptors (Lipinski definition) is 5. The summed E-state index contributed by atoms with van der Waals surface area (Å²) in [7, 11) is 0. The fourth-order valence-electron chi connectivity index (χ4n) is 1.52. The van der Waals surface area contributed by atoms with E-state index in [4.69, 9.17) is 5.84 Å². The van der Waals surface area contributed by atoms with Gasteiger partial charge in [-0.3, -0.25) is 5.43 Å². The Morgan fingerprint density at radius 2 is 1.94 bits per heavy atom. The fourth-order valence-corrected chi connectivity index (χ4v) is 1.52. The number of hydrazine groups is 1. The number of rotatable bonds is 3. The Morgan fingerprint density at radius 1 is 1.19 bits per heavy atom. The van der Waals surface area contributed by atoms with Crippen molar-refractivity contribution in [1.82, 2.24) is 9.97 Å². The smallest absolute Gasteiger partial charge is 0.239 e. The third-order valence-electron chi connectivity index (χ3n) is 2.16. The quantitative estimate of drug-likeness (QED) is 0.539. The van der Waals surface area contributed by atoms with Gasteiger partial charge < -0.3 is 5.32 Å². The zero-order valence-corrected chi connectivity index (χ0v) is 9.36. The van der Waals surface area contributed by atoms with Crippen molar-refractivity contribution >= 4 is 22.7 Å². The summed E-state index contributed by atoms with van der Waals surface area (Å²) in [6, 6.07) is 8.13. The van der Waals surface area contributed by atoms with E-state index in [0.717, 1.165) is 16.7 Å². The highest BCUT2D eigenvalue weighted by molar-refractivity contribution is 5.90. The average Bonchev–Trinajstić information content (AvgIpc) is 2.28. The number of benzene rings is 1. The van der Waals surface area contributed by atoms with Crippen LogP contribution in [0.15, 0.2) is 24.3 Å². The van der Waals surface area contributed by atoms with Gasteiger partial charge in [0, 0.05) is 11.4 Å². The van der Waals surface area contributed by atoms with E-state index in [1.165, 1.54) is 0 Å². The molecule has 1 heterocycles. The number of anilines is 2. The topological polar surface area (TPSA) is 75.9 Å². The molecule has 0 radical (unpaired) electrons. The van der Waals surface area contributed by atoms with Crippen LogP contribution in [0.5, 0.6) is 0 Å². The van der Waals surface area contributed by atoms with Crippen LogP contribution in [-0.4, -0.2) is 16.0 Å². The molecule has 0 aliphatic rings. The summed E-state index contributed by atoms with van der Waals surface area (Å²) in [5, 5.41) is 4.27. The highest BCUT2D eigenvalue weighted by Gasteiger charge is 2.07. The minimum Gasteiger partial charge on any atom is -0.367 e. The molecule has 0 amide bonds. The molecule has 0 spiro atoms. The molecule has 0 aliphatic carbocycles. The monoisotopic (exact) mass is 217 g/mol. The standard InChI is InChI=1S/C11H15N5/c1-7(2)13-10-8-5-3-4-6-9(8)14-11(15-10)16-12/h3-7H,12H2,1-2H3,(H2,13,14,15,16). The average molecular weight is 217 g/mol. The second-order valence-corrected chi connectivity index (χ2v) is 3.86. The predicted octanol–water partition coefficient (Wildman–Crippen LogP) is 1.74. The lowest BCUT2D eigenvalue weighted by molar-refractivity contribution is 0.890. The van der Waals surface area contributed by atoms with Crippen molar-refractivity contribution in [3.63, 3.8) is 0 Å². The highest BCUT2D eigenvalue weighted by atomic mass is 15.3. The first-order valence-electron chi connectivity index (χ1n) is 5.20. The van der Waals surface area contributed by atoms with Crippen LogP contribution in [0.1, 0.15) is 13.8 Å². The molecule has 16 heavy (non-hydrogen) atoms. The minimum absolute atomic E-state index is 0.309. The molecule has 0 atom stereocenters. The van der Waals surface area contributed by atoms with Crippen molar-refractivity contribution < 1.29 is 0 Å². The van der Waals surface area contributed by atoms with Crippen LogP contribution in [0.3, 0.4) is 0 Å². The third-order valence-corrected chi connectivity index (χ3v) is 2.16. The number of hydrogen-bond donors (Lipinski definition) is 3. The van der Waals surface area contributed by atoms with Gasteiger partial charge in [0.25, 0.3) is 0 Å². The summed E-state index contributed by atoms with van der Waals surface area (Å²) in [4.78, 5) is 8.58. The predicted molar refractivity (Wildman–Crippen MR) is 66.1 cm³/mol. The van der Waals surface area contributed by atoms with Crippen molar-refractivity contribution in [3.8, 4) is 0 Å². The van der Waals surface area contributed by atoms with Gasteiger partial charge in [-0.1, -0.05) is 12.1 Å². The molecule has 0 saturated carbocycles. The van der Waals surface area contributed by atoms with Crippen molar-refractivity contribution in [2.24, 2.45) is 5.84 Å². The first-order valence-corrected chi connectivity index (χ1v) is 5.20. The Labute approximate surface area is 94.1 Å². The van der Waals surface area contributed by atoms with Gasteiger partial charge in [-0.15, -0.1) is 0 Å². The van der Waals surface area contributed by atoms with E-state index in [2.05, 4.69) is 34.6 Å². The number of para-hydroxylation sites is 1. The SMILES string of the molecule is CC(C)Nc1nc(NN)nc2ccccc12. The maximum atomic E-state index is 5.34. The van der Waals surface area contributed by atoms with Gasteiger partial charge in [-0.25, -0.2) is 10.8 Å². The first kappa shape index (κ1) is 10.6. The Bertz CT molecular complexity index is 495. The van der Waals surface area contributed by atoms with E-state index in [9.17, 15) is 0 Å². The summed E-state index contributed by atoms with van der Waals surface area (Å²) in [5.74, 6) is 6.56. The van der Waals surface area contributed by atoms with Gasteiger partial charge in [0.1, 0.15) is 5.82 Å². The molecule has 0 bridgehead atoms. The zero-order chi connectivity index (χ0) is 11.5. The summed E-state index contributed by atoms with van der Waals surface area (Å²) < 4.78 is 0. The van der Waals surface area contributed by atoms with Crippen molar-refractivity contribution in [1.29, 1.82) is 0 Å². The van der Waals surface area contributed by atoms with Crippen molar-refractivity contribution in [2.75, 3.05) is 10.7 Å². The van der Waals surface area contributed by atoms with Gasteiger partial charge in [-0.05, 0) is 26.0 Å². The summed E-state index contributed by atoms with van der Waals surface area (Å²) in [6.07, 6.45) is 0. The molecule has 1 aromatic carbocycles.